The van der Waals surface area contributed by atoms with Crippen molar-refractivity contribution >= 4 is 17.2 Å². The first-order valence-electron chi connectivity index (χ1n) is 6.35. The van der Waals surface area contributed by atoms with Gasteiger partial charge in [0.05, 0.1) is 5.56 Å². The predicted molar refractivity (Wildman–Crippen MR) is 82.9 cm³/mol. The van der Waals surface area contributed by atoms with Crippen molar-refractivity contribution in [3.05, 3.63) is 59.4 Å². The van der Waals surface area contributed by atoms with Gasteiger partial charge in [-0.15, -0.1) is 0 Å². The molecule has 0 bridgehead atoms. The number of benzene rings is 2. The van der Waals surface area contributed by atoms with E-state index >= 15 is 0 Å². The molecule has 0 saturated heterocycles. The van der Waals surface area contributed by atoms with Gasteiger partial charge < -0.3 is 10.5 Å². The standard InChI is InChI=1S/C16H16FNOS/c1-10(2)11-5-3-6-12(9-11)19-14-8-4-7-13(17)15(14)16(18)20/h3-10H,1-2H3,(H2,18,20). The molecular weight excluding hydrogens is 273 g/mol. The minimum absolute atomic E-state index is 0.0156. The van der Waals surface area contributed by atoms with Crippen molar-refractivity contribution in [3.8, 4) is 11.5 Å². The van der Waals surface area contributed by atoms with Crippen molar-refractivity contribution in [2.24, 2.45) is 5.73 Å². The van der Waals surface area contributed by atoms with Crippen LogP contribution in [-0.2, 0) is 0 Å². The van der Waals surface area contributed by atoms with Crippen LogP contribution in [0.25, 0.3) is 0 Å². The van der Waals surface area contributed by atoms with Gasteiger partial charge in [-0.3, -0.25) is 0 Å². The van der Waals surface area contributed by atoms with Crippen LogP contribution in [-0.4, -0.2) is 4.99 Å². The molecule has 104 valence electrons. The number of hydrogen-bond acceptors (Lipinski definition) is 2. The van der Waals surface area contributed by atoms with Crippen LogP contribution in [0.3, 0.4) is 0 Å². The summed E-state index contributed by atoms with van der Waals surface area (Å²) in [6.45, 7) is 4.20. The average Bonchev–Trinajstić information content (AvgIpc) is 2.38. The van der Waals surface area contributed by atoms with E-state index in [2.05, 4.69) is 13.8 Å². The molecule has 4 heteroatoms. The highest BCUT2D eigenvalue weighted by Gasteiger charge is 2.13. The van der Waals surface area contributed by atoms with Crippen LogP contribution in [0.1, 0.15) is 30.9 Å². The highest BCUT2D eigenvalue weighted by atomic mass is 32.1. The Hall–Kier alpha value is -1.94. The summed E-state index contributed by atoms with van der Waals surface area (Å²) in [5.41, 5.74) is 6.84. The normalized spacial score (nSPS) is 10.6. The van der Waals surface area contributed by atoms with E-state index in [1.165, 1.54) is 6.07 Å². The Kier molecular flexibility index (Phi) is 4.35. The molecule has 0 heterocycles. The van der Waals surface area contributed by atoms with Crippen LogP contribution in [0.2, 0.25) is 0 Å². The van der Waals surface area contributed by atoms with E-state index in [4.69, 9.17) is 22.7 Å². The summed E-state index contributed by atoms with van der Waals surface area (Å²) in [6, 6.07) is 12.2. The van der Waals surface area contributed by atoms with Crippen molar-refractivity contribution in [1.82, 2.24) is 0 Å². The van der Waals surface area contributed by atoms with Crippen LogP contribution < -0.4 is 10.5 Å². The minimum atomic E-state index is -0.477. The molecule has 0 spiro atoms. The largest absolute Gasteiger partial charge is 0.457 e. The molecule has 0 atom stereocenters. The van der Waals surface area contributed by atoms with Gasteiger partial charge in [-0.1, -0.05) is 44.3 Å². The molecule has 0 amide bonds. The monoisotopic (exact) mass is 289 g/mol. The lowest BCUT2D eigenvalue weighted by Crippen LogP contribution is -2.13. The van der Waals surface area contributed by atoms with E-state index in [1.807, 2.05) is 24.3 Å². The zero-order chi connectivity index (χ0) is 14.7. The summed E-state index contributed by atoms with van der Waals surface area (Å²) >= 11 is 4.88. The maximum absolute atomic E-state index is 13.8. The number of hydrogen-bond donors (Lipinski definition) is 1. The molecule has 2 N–H and O–H groups in total. The Labute approximate surface area is 123 Å². The smallest absolute Gasteiger partial charge is 0.140 e. The fraction of sp³-hybridized carbons (Fsp3) is 0.188. The summed E-state index contributed by atoms with van der Waals surface area (Å²) in [5.74, 6) is 0.883. The molecule has 2 aromatic carbocycles. The van der Waals surface area contributed by atoms with E-state index < -0.39 is 5.82 Å². The Morgan fingerprint density at radius 2 is 1.90 bits per heavy atom. The van der Waals surface area contributed by atoms with Crippen LogP contribution >= 0.6 is 12.2 Å². The summed E-state index contributed by atoms with van der Waals surface area (Å²) in [7, 11) is 0. The zero-order valence-electron chi connectivity index (χ0n) is 11.4. The quantitative estimate of drug-likeness (QED) is 0.849. The van der Waals surface area contributed by atoms with Gasteiger partial charge in [0.2, 0.25) is 0 Å². The van der Waals surface area contributed by atoms with Gasteiger partial charge in [0, 0.05) is 0 Å². The topological polar surface area (TPSA) is 35.2 Å². The molecule has 0 aliphatic rings. The maximum atomic E-state index is 13.8. The second-order valence-electron chi connectivity index (χ2n) is 4.81. The molecule has 0 fully saturated rings. The van der Waals surface area contributed by atoms with Crippen molar-refractivity contribution in [3.63, 3.8) is 0 Å². The molecule has 0 aliphatic carbocycles. The van der Waals surface area contributed by atoms with E-state index in [0.717, 1.165) is 5.56 Å². The average molecular weight is 289 g/mol. The highest BCUT2D eigenvalue weighted by Crippen LogP contribution is 2.29. The van der Waals surface area contributed by atoms with E-state index in [-0.39, 0.29) is 10.6 Å². The van der Waals surface area contributed by atoms with E-state index in [1.54, 1.807) is 12.1 Å². The lowest BCUT2D eigenvalue weighted by Gasteiger charge is -2.12. The van der Waals surface area contributed by atoms with Gasteiger partial charge in [0.15, 0.2) is 0 Å². The van der Waals surface area contributed by atoms with Crippen LogP contribution in [0.4, 0.5) is 4.39 Å². The van der Waals surface area contributed by atoms with Crippen LogP contribution in [0.5, 0.6) is 11.5 Å². The predicted octanol–water partition coefficient (Wildman–Crippen LogP) is 4.38. The van der Waals surface area contributed by atoms with E-state index in [0.29, 0.717) is 17.4 Å². The van der Waals surface area contributed by atoms with Gasteiger partial charge in [-0.2, -0.15) is 0 Å². The Bertz CT molecular complexity index is 640. The van der Waals surface area contributed by atoms with Gasteiger partial charge >= 0.3 is 0 Å². The number of ether oxygens (including phenoxy) is 1. The molecule has 0 aromatic heterocycles. The summed E-state index contributed by atoms with van der Waals surface area (Å²) < 4.78 is 19.5. The third-order valence-electron chi connectivity index (χ3n) is 2.97. The first-order valence-corrected chi connectivity index (χ1v) is 6.76. The zero-order valence-corrected chi connectivity index (χ0v) is 12.2. The second kappa shape index (κ2) is 6.01. The van der Waals surface area contributed by atoms with Gasteiger partial charge in [-0.05, 0) is 35.7 Å². The number of nitrogens with two attached hydrogens (primary N) is 1. The Morgan fingerprint density at radius 3 is 2.55 bits per heavy atom. The third-order valence-corrected chi connectivity index (χ3v) is 3.18. The van der Waals surface area contributed by atoms with Gasteiger partial charge in [0.25, 0.3) is 0 Å². The second-order valence-corrected chi connectivity index (χ2v) is 5.25. The molecule has 2 rings (SSSR count). The van der Waals surface area contributed by atoms with Crippen molar-refractivity contribution in [2.45, 2.75) is 19.8 Å². The van der Waals surface area contributed by atoms with Crippen LogP contribution in [0, 0.1) is 5.82 Å². The number of rotatable bonds is 4. The first-order chi connectivity index (χ1) is 9.49. The van der Waals surface area contributed by atoms with Crippen molar-refractivity contribution in [1.29, 1.82) is 0 Å². The van der Waals surface area contributed by atoms with Gasteiger partial charge in [0.1, 0.15) is 22.3 Å². The van der Waals surface area contributed by atoms with Crippen molar-refractivity contribution < 1.29 is 9.13 Å². The summed E-state index contributed by atoms with van der Waals surface area (Å²) in [5, 5.41) is 0. The SMILES string of the molecule is CC(C)c1cccc(Oc2cccc(F)c2C(N)=S)c1. The highest BCUT2D eigenvalue weighted by molar-refractivity contribution is 7.80. The lowest BCUT2D eigenvalue weighted by molar-refractivity contribution is 0.474. The third kappa shape index (κ3) is 3.14. The Morgan fingerprint density at radius 1 is 1.20 bits per heavy atom. The number of thiocarbonyl (C=S) groups is 1. The minimum Gasteiger partial charge on any atom is -0.457 e. The molecule has 0 unspecified atom stereocenters. The first kappa shape index (κ1) is 14.5. The number of halogens is 1. The molecule has 0 aliphatic heterocycles. The molecular formula is C16H16FNOS. The van der Waals surface area contributed by atoms with Crippen LogP contribution in [0.15, 0.2) is 42.5 Å². The lowest BCUT2D eigenvalue weighted by atomic mass is 10.0. The molecule has 2 nitrogen and oxygen atoms in total. The van der Waals surface area contributed by atoms with Gasteiger partial charge in [-0.25, -0.2) is 4.39 Å². The molecule has 0 saturated carbocycles. The van der Waals surface area contributed by atoms with Crippen molar-refractivity contribution in [2.75, 3.05) is 0 Å². The summed E-state index contributed by atoms with van der Waals surface area (Å²) in [6.07, 6.45) is 0. The maximum Gasteiger partial charge on any atom is 0.140 e. The fourth-order valence-electron chi connectivity index (χ4n) is 1.89. The molecule has 20 heavy (non-hydrogen) atoms. The Balaban J connectivity index is 2.38. The fourth-order valence-corrected chi connectivity index (χ4v) is 2.09. The summed E-state index contributed by atoms with van der Waals surface area (Å²) in [4.78, 5) is -0.0156. The molecule has 2 aromatic rings. The molecule has 0 radical (unpaired) electrons. The van der Waals surface area contributed by atoms with E-state index in [9.17, 15) is 4.39 Å².